The van der Waals surface area contributed by atoms with Gasteiger partial charge in [0.25, 0.3) is 0 Å². The third kappa shape index (κ3) is 5.16. The lowest BCUT2D eigenvalue weighted by atomic mass is 10.1. The van der Waals surface area contributed by atoms with E-state index in [4.69, 9.17) is 11.6 Å². The van der Waals surface area contributed by atoms with E-state index in [9.17, 15) is 14.0 Å². The van der Waals surface area contributed by atoms with E-state index in [1.165, 1.54) is 29.5 Å². The van der Waals surface area contributed by atoms with Crippen molar-refractivity contribution >= 4 is 35.2 Å². The van der Waals surface area contributed by atoms with E-state index in [0.717, 1.165) is 6.42 Å². The Labute approximate surface area is 185 Å². The molecule has 0 unspecified atom stereocenters. The van der Waals surface area contributed by atoms with Gasteiger partial charge in [0, 0.05) is 37.5 Å². The van der Waals surface area contributed by atoms with Gasteiger partial charge in [-0.1, -0.05) is 41.9 Å². The number of benzene rings is 2. The van der Waals surface area contributed by atoms with Gasteiger partial charge in [-0.05, 0) is 42.0 Å². The molecule has 2 aliphatic rings. The van der Waals surface area contributed by atoms with Crippen LogP contribution >= 0.6 is 23.4 Å². The Kier molecular flexibility index (Phi) is 6.64. The highest BCUT2D eigenvalue weighted by molar-refractivity contribution is 8.00. The van der Waals surface area contributed by atoms with Crippen LogP contribution in [0.4, 0.5) is 4.39 Å². The summed E-state index contributed by atoms with van der Waals surface area (Å²) in [6.07, 6.45) is 1.67. The third-order valence-electron chi connectivity index (χ3n) is 5.82. The second-order valence-electron chi connectivity index (χ2n) is 7.84. The number of rotatable bonds is 6. The summed E-state index contributed by atoms with van der Waals surface area (Å²) in [7, 11) is 0. The molecule has 4 rings (SSSR count). The summed E-state index contributed by atoms with van der Waals surface area (Å²) < 4.78 is 13.1. The van der Waals surface area contributed by atoms with Crippen LogP contribution in [0.25, 0.3) is 0 Å². The van der Waals surface area contributed by atoms with Gasteiger partial charge in [-0.3, -0.25) is 9.59 Å². The third-order valence-corrected chi connectivity index (χ3v) is 7.30. The molecule has 2 atom stereocenters. The number of carbonyl (C=O) groups is 2. The van der Waals surface area contributed by atoms with Crippen molar-refractivity contribution in [1.29, 1.82) is 0 Å². The molecule has 4 nitrogen and oxygen atoms in total. The number of nitrogens with zero attached hydrogens (tertiary/aromatic N) is 2. The van der Waals surface area contributed by atoms with E-state index in [2.05, 4.69) is 12.1 Å². The van der Waals surface area contributed by atoms with Crippen LogP contribution in [-0.2, 0) is 9.59 Å². The molecule has 2 aromatic carbocycles. The Hall–Kier alpha value is -2.05. The van der Waals surface area contributed by atoms with Crippen LogP contribution in [0.3, 0.4) is 0 Å². The molecule has 0 N–H and O–H groups in total. The highest BCUT2D eigenvalue weighted by atomic mass is 35.5. The van der Waals surface area contributed by atoms with Crippen LogP contribution in [0.2, 0.25) is 5.02 Å². The van der Waals surface area contributed by atoms with Crippen molar-refractivity contribution in [3.8, 4) is 0 Å². The summed E-state index contributed by atoms with van der Waals surface area (Å²) in [5, 5.41) is 0.317. The van der Waals surface area contributed by atoms with Crippen molar-refractivity contribution in [3.05, 3.63) is 64.9 Å². The first-order chi connectivity index (χ1) is 14.5. The van der Waals surface area contributed by atoms with Gasteiger partial charge in [-0.25, -0.2) is 4.39 Å². The standard InChI is InChI=1S/C23H24ClFN2O2S/c24-20-14-18(25)6-7-21(20)30-15-23(29)27-10-8-26(9-11-27)22(28)13-17-12-19(17)16-4-2-1-3-5-16/h1-7,14,17,19H,8-13,15H2/t17-,19-/m0/s1. The van der Waals surface area contributed by atoms with E-state index in [0.29, 0.717) is 54.4 Å². The monoisotopic (exact) mass is 446 g/mol. The molecule has 2 fully saturated rings. The number of hydrogen-bond acceptors (Lipinski definition) is 3. The Balaban J connectivity index is 1.20. The zero-order valence-corrected chi connectivity index (χ0v) is 18.2. The first-order valence-corrected chi connectivity index (χ1v) is 11.6. The van der Waals surface area contributed by atoms with Crippen molar-refractivity contribution in [3.63, 3.8) is 0 Å². The lowest BCUT2D eigenvalue weighted by Gasteiger charge is -2.35. The van der Waals surface area contributed by atoms with E-state index in [1.54, 1.807) is 11.0 Å². The largest absolute Gasteiger partial charge is 0.339 e. The van der Waals surface area contributed by atoms with Gasteiger partial charge >= 0.3 is 0 Å². The van der Waals surface area contributed by atoms with Crippen molar-refractivity contribution in [2.24, 2.45) is 5.92 Å². The molecule has 0 bridgehead atoms. The zero-order chi connectivity index (χ0) is 21.1. The lowest BCUT2D eigenvalue weighted by Crippen LogP contribution is -2.51. The minimum atomic E-state index is -0.391. The summed E-state index contributed by atoms with van der Waals surface area (Å²) in [4.78, 5) is 29.5. The van der Waals surface area contributed by atoms with Crippen LogP contribution < -0.4 is 0 Å². The molecule has 1 aliphatic heterocycles. The predicted octanol–water partition coefficient (Wildman–Crippen LogP) is 4.44. The number of amides is 2. The van der Waals surface area contributed by atoms with E-state index >= 15 is 0 Å². The molecule has 30 heavy (non-hydrogen) atoms. The van der Waals surface area contributed by atoms with Gasteiger partial charge in [0.15, 0.2) is 0 Å². The van der Waals surface area contributed by atoms with E-state index < -0.39 is 5.82 Å². The summed E-state index contributed by atoms with van der Waals surface area (Å²) in [5.74, 6) is 1.01. The summed E-state index contributed by atoms with van der Waals surface area (Å²) >= 11 is 7.33. The molecule has 0 radical (unpaired) electrons. The second kappa shape index (κ2) is 9.40. The van der Waals surface area contributed by atoms with Crippen molar-refractivity contribution < 1.29 is 14.0 Å². The lowest BCUT2D eigenvalue weighted by molar-refractivity contribution is -0.138. The molecule has 158 valence electrons. The quantitative estimate of drug-likeness (QED) is 0.616. The maximum absolute atomic E-state index is 13.1. The number of thioether (sulfide) groups is 1. The van der Waals surface area contributed by atoms with Gasteiger partial charge in [-0.2, -0.15) is 0 Å². The summed E-state index contributed by atoms with van der Waals surface area (Å²) in [6, 6.07) is 14.6. The highest BCUT2D eigenvalue weighted by Gasteiger charge is 2.40. The zero-order valence-electron chi connectivity index (χ0n) is 16.6. The number of piperazine rings is 1. The summed E-state index contributed by atoms with van der Waals surface area (Å²) in [6.45, 7) is 2.26. The van der Waals surface area contributed by atoms with E-state index in [-0.39, 0.29) is 17.6 Å². The Morgan fingerprint density at radius 1 is 1.00 bits per heavy atom. The van der Waals surface area contributed by atoms with Crippen LogP contribution in [0.1, 0.15) is 24.3 Å². The fourth-order valence-electron chi connectivity index (χ4n) is 3.96. The molecule has 2 aromatic rings. The molecule has 0 spiro atoms. The molecule has 7 heteroatoms. The number of carbonyl (C=O) groups excluding carboxylic acids is 2. The summed E-state index contributed by atoms with van der Waals surface area (Å²) in [5.41, 5.74) is 1.32. The first-order valence-electron chi connectivity index (χ1n) is 10.2. The van der Waals surface area contributed by atoms with Crippen molar-refractivity contribution in [1.82, 2.24) is 9.80 Å². The molecule has 1 saturated carbocycles. The molecular formula is C23H24ClFN2O2S. The predicted molar refractivity (Wildman–Crippen MR) is 117 cm³/mol. The topological polar surface area (TPSA) is 40.6 Å². The van der Waals surface area contributed by atoms with Gasteiger partial charge in [0.1, 0.15) is 5.82 Å². The smallest absolute Gasteiger partial charge is 0.233 e. The van der Waals surface area contributed by atoms with Crippen molar-refractivity contribution in [2.75, 3.05) is 31.9 Å². The van der Waals surface area contributed by atoms with Gasteiger partial charge < -0.3 is 9.80 Å². The van der Waals surface area contributed by atoms with Gasteiger partial charge in [0.2, 0.25) is 11.8 Å². The Bertz CT molecular complexity index is 919. The molecular weight excluding hydrogens is 423 g/mol. The van der Waals surface area contributed by atoms with E-state index in [1.807, 2.05) is 23.1 Å². The minimum absolute atomic E-state index is 0.0128. The fourth-order valence-corrected chi connectivity index (χ4v) is 5.12. The van der Waals surface area contributed by atoms with Gasteiger partial charge in [-0.15, -0.1) is 11.8 Å². The average molecular weight is 447 g/mol. The fraction of sp³-hybridized carbons (Fsp3) is 0.391. The molecule has 1 aliphatic carbocycles. The first kappa shape index (κ1) is 21.2. The molecule has 2 amide bonds. The maximum atomic E-state index is 13.1. The Morgan fingerprint density at radius 2 is 1.67 bits per heavy atom. The van der Waals surface area contributed by atoms with Crippen LogP contribution in [-0.4, -0.2) is 53.5 Å². The normalized spacial score (nSPS) is 20.9. The van der Waals surface area contributed by atoms with Crippen molar-refractivity contribution in [2.45, 2.75) is 23.7 Å². The van der Waals surface area contributed by atoms with Crippen LogP contribution in [0.5, 0.6) is 0 Å². The average Bonchev–Trinajstić information content (AvgIpc) is 3.52. The molecule has 1 heterocycles. The maximum Gasteiger partial charge on any atom is 0.233 e. The van der Waals surface area contributed by atoms with Gasteiger partial charge in [0.05, 0.1) is 10.8 Å². The number of halogens is 2. The molecule has 1 saturated heterocycles. The Morgan fingerprint density at radius 3 is 2.33 bits per heavy atom. The molecule has 0 aromatic heterocycles. The second-order valence-corrected chi connectivity index (χ2v) is 9.27. The minimum Gasteiger partial charge on any atom is -0.339 e. The SMILES string of the molecule is O=C(CSc1ccc(F)cc1Cl)N1CCN(C(=O)C[C@@H]2C[C@H]2c2ccccc2)CC1. The highest BCUT2D eigenvalue weighted by Crippen LogP contribution is 2.49. The van der Waals surface area contributed by atoms with Crippen LogP contribution in [0, 0.1) is 11.7 Å². The number of hydrogen-bond donors (Lipinski definition) is 0. The van der Waals surface area contributed by atoms with Crippen LogP contribution in [0.15, 0.2) is 53.4 Å².